The Morgan fingerprint density at radius 1 is 0.600 bits per heavy atom. The van der Waals surface area contributed by atoms with Gasteiger partial charge in [-0.05, 0) is 106 Å². The van der Waals surface area contributed by atoms with Gasteiger partial charge >= 0.3 is 0 Å². The molecule has 0 aliphatic heterocycles. The standard InChI is InChI=1S/C22H16F2N4O.C22H15F2NO/c1-13-5-8-16(22-25-27-28-26-22)12-17(13)15-9-6-14(7-10-15)11-20(29)21-18(23)3-2-4-19(21)24;1-14-5-6-16(13-25)11-18(14)17-9-7-15(8-10-17)12-21(26)22-19(23)3-2-4-20(22)24/h2-10,12H,11H2,1H3,(H,25,26,27,28);2-11H,12H2,1H3. The quantitative estimate of drug-likeness (QED) is 0.117. The van der Waals surface area contributed by atoms with Gasteiger partial charge in [0, 0.05) is 18.4 Å². The van der Waals surface area contributed by atoms with Crippen molar-refractivity contribution < 1.29 is 27.2 Å². The third-order valence-corrected chi connectivity index (χ3v) is 8.95. The molecule has 272 valence electrons. The summed E-state index contributed by atoms with van der Waals surface area (Å²) in [5, 5.41) is 23.0. The first-order valence-corrected chi connectivity index (χ1v) is 17.0. The average molecular weight is 738 g/mol. The van der Waals surface area contributed by atoms with Gasteiger partial charge in [0.2, 0.25) is 5.82 Å². The summed E-state index contributed by atoms with van der Waals surface area (Å²) in [5.74, 6) is -4.09. The number of aryl methyl sites for hydroxylation is 2. The molecule has 7 aromatic rings. The molecule has 0 bridgehead atoms. The molecular formula is C44H31F4N5O2. The van der Waals surface area contributed by atoms with Crippen molar-refractivity contribution in [1.82, 2.24) is 20.6 Å². The topological polar surface area (TPSA) is 112 Å². The molecule has 0 amide bonds. The van der Waals surface area contributed by atoms with Crippen LogP contribution >= 0.6 is 0 Å². The minimum absolute atomic E-state index is 0.0833. The Balaban J connectivity index is 0.000000188. The van der Waals surface area contributed by atoms with Crippen LogP contribution in [0.25, 0.3) is 33.6 Å². The summed E-state index contributed by atoms with van der Waals surface area (Å²) < 4.78 is 55.1. The number of aromatic amines is 1. The first-order valence-electron chi connectivity index (χ1n) is 17.0. The third kappa shape index (κ3) is 8.77. The van der Waals surface area contributed by atoms with E-state index in [2.05, 4.69) is 26.7 Å². The van der Waals surface area contributed by atoms with E-state index in [1.165, 1.54) is 12.1 Å². The lowest BCUT2D eigenvalue weighted by molar-refractivity contribution is 0.0976. The summed E-state index contributed by atoms with van der Waals surface area (Å²) in [6.45, 7) is 3.95. The number of halogens is 4. The second kappa shape index (κ2) is 16.7. The highest BCUT2D eigenvalue weighted by Crippen LogP contribution is 2.29. The number of ketones is 2. The Morgan fingerprint density at radius 3 is 1.47 bits per heavy atom. The lowest BCUT2D eigenvalue weighted by atomic mass is 9.95. The van der Waals surface area contributed by atoms with E-state index < -0.39 is 46.0 Å². The number of hydrogen-bond acceptors (Lipinski definition) is 6. The van der Waals surface area contributed by atoms with Crippen LogP contribution in [-0.2, 0) is 12.8 Å². The lowest BCUT2D eigenvalue weighted by Gasteiger charge is -2.09. The monoisotopic (exact) mass is 737 g/mol. The van der Waals surface area contributed by atoms with Gasteiger partial charge in [0.05, 0.1) is 22.8 Å². The second-order valence-corrected chi connectivity index (χ2v) is 12.7. The van der Waals surface area contributed by atoms with Crippen molar-refractivity contribution >= 4 is 11.6 Å². The molecule has 7 rings (SSSR count). The van der Waals surface area contributed by atoms with Gasteiger partial charge in [-0.15, -0.1) is 10.2 Å². The summed E-state index contributed by atoms with van der Waals surface area (Å²) in [6, 6.07) is 34.7. The zero-order chi connectivity index (χ0) is 39.1. The molecule has 7 nitrogen and oxygen atoms in total. The van der Waals surface area contributed by atoms with Crippen LogP contribution in [0.3, 0.4) is 0 Å². The summed E-state index contributed by atoms with van der Waals surface area (Å²) in [7, 11) is 0. The van der Waals surface area contributed by atoms with Gasteiger partial charge in [-0.3, -0.25) is 9.59 Å². The number of H-pyrrole nitrogens is 1. The number of benzene rings is 6. The van der Waals surface area contributed by atoms with Crippen LogP contribution in [-0.4, -0.2) is 32.2 Å². The van der Waals surface area contributed by atoms with Crippen LogP contribution in [0.4, 0.5) is 17.6 Å². The van der Waals surface area contributed by atoms with Gasteiger partial charge in [-0.1, -0.05) is 78.9 Å². The smallest absolute Gasteiger partial charge is 0.204 e. The van der Waals surface area contributed by atoms with Crippen molar-refractivity contribution in [2.45, 2.75) is 26.7 Å². The van der Waals surface area contributed by atoms with Gasteiger partial charge in [-0.25, -0.2) is 17.6 Å². The van der Waals surface area contributed by atoms with E-state index in [9.17, 15) is 27.2 Å². The molecule has 0 unspecified atom stereocenters. The molecule has 55 heavy (non-hydrogen) atoms. The van der Waals surface area contributed by atoms with E-state index in [1.807, 2.05) is 68.4 Å². The Labute approximate surface area is 313 Å². The number of carbonyl (C=O) groups is 2. The number of nitrogens with zero attached hydrogens (tertiary/aromatic N) is 4. The first-order chi connectivity index (χ1) is 26.5. The molecule has 0 radical (unpaired) electrons. The second-order valence-electron chi connectivity index (χ2n) is 12.7. The number of rotatable bonds is 9. The van der Waals surface area contributed by atoms with Gasteiger partial charge in [-0.2, -0.15) is 10.5 Å². The molecule has 0 aliphatic rings. The van der Waals surface area contributed by atoms with Crippen molar-refractivity contribution in [3.8, 4) is 39.7 Å². The van der Waals surface area contributed by atoms with Crippen LogP contribution in [0.5, 0.6) is 0 Å². The van der Waals surface area contributed by atoms with Crippen molar-refractivity contribution in [2.24, 2.45) is 0 Å². The molecule has 6 aromatic carbocycles. The van der Waals surface area contributed by atoms with Crippen molar-refractivity contribution in [3.63, 3.8) is 0 Å². The van der Waals surface area contributed by atoms with E-state index in [0.717, 1.165) is 63.2 Å². The number of nitriles is 1. The van der Waals surface area contributed by atoms with Crippen LogP contribution in [0, 0.1) is 48.4 Å². The third-order valence-electron chi connectivity index (χ3n) is 8.95. The fraction of sp³-hybridized carbons (Fsp3) is 0.0909. The van der Waals surface area contributed by atoms with E-state index in [-0.39, 0.29) is 12.8 Å². The number of aromatic nitrogens is 4. The Morgan fingerprint density at radius 2 is 1.04 bits per heavy atom. The number of tetrazole rings is 1. The maximum absolute atomic E-state index is 13.8. The molecule has 1 N–H and O–H groups in total. The number of nitrogens with one attached hydrogen (secondary N) is 1. The summed E-state index contributed by atoms with van der Waals surface area (Å²) in [6.07, 6.45) is -0.171. The molecule has 0 saturated carbocycles. The number of carbonyl (C=O) groups excluding carboxylic acids is 2. The highest BCUT2D eigenvalue weighted by atomic mass is 19.1. The largest absolute Gasteiger partial charge is 0.294 e. The van der Waals surface area contributed by atoms with Crippen LogP contribution in [0.1, 0.15) is 48.5 Å². The van der Waals surface area contributed by atoms with Crippen molar-refractivity contribution in [3.05, 3.63) is 184 Å². The van der Waals surface area contributed by atoms with Gasteiger partial charge in [0.1, 0.15) is 23.3 Å². The fourth-order valence-electron chi connectivity index (χ4n) is 6.04. The fourth-order valence-corrected chi connectivity index (χ4v) is 6.04. The maximum atomic E-state index is 13.8. The normalized spacial score (nSPS) is 10.6. The first kappa shape index (κ1) is 37.7. The highest BCUT2D eigenvalue weighted by Gasteiger charge is 2.19. The van der Waals surface area contributed by atoms with Gasteiger partial charge < -0.3 is 0 Å². The predicted molar refractivity (Wildman–Crippen MR) is 200 cm³/mol. The van der Waals surface area contributed by atoms with Crippen molar-refractivity contribution in [2.75, 3.05) is 0 Å². The SMILES string of the molecule is Cc1ccc(-c2nn[nH]n2)cc1-c1ccc(CC(=O)c2c(F)cccc2F)cc1.Cc1ccc(C#N)cc1-c1ccc(CC(=O)c2c(F)cccc2F)cc1. The van der Waals surface area contributed by atoms with Crippen LogP contribution < -0.4 is 0 Å². The predicted octanol–water partition coefficient (Wildman–Crippen LogP) is 9.78. The highest BCUT2D eigenvalue weighted by molar-refractivity contribution is 5.98. The average Bonchev–Trinajstić information content (AvgIpc) is 3.72. The summed E-state index contributed by atoms with van der Waals surface area (Å²) >= 11 is 0. The molecule has 11 heteroatoms. The van der Waals surface area contributed by atoms with Crippen LogP contribution in [0.15, 0.2) is 121 Å². The molecule has 1 heterocycles. The summed E-state index contributed by atoms with van der Waals surface area (Å²) in [4.78, 5) is 24.6. The van der Waals surface area contributed by atoms with E-state index >= 15 is 0 Å². The minimum Gasteiger partial charge on any atom is -0.294 e. The lowest BCUT2D eigenvalue weighted by Crippen LogP contribution is -2.09. The molecular weight excluding hydrogens is 707 g/mol. The van der Waals surface area contributed by atoms with E-state index in [1.54, 1.807) is 30.3 Å². The minimum atomic E-state index is -0.851. The van der Waals surface area contributed by atoms with Crippen molar-refractivity contribution in [1.29, 1.82) is 5.26 Å². The number of hydrogen-bond donors (Lipinski definition) is 1. The molecule has 0 saturated heterocycles. The molecule has 1 aromatic heterocycles. The Kier molecular flexibility index (Phi) is 11.5. The van der Waals surface area contributed by atoms with E-state index in [0.29, 0.717) is 22.5 Å². The zero-order valence-corrected chi connectivity index (χ0v) is 29.6. The maximum Gasteiger partial charge on any atom is 0.204 e. The number of Topliss-reactive ketones (excluding diaryl/α,β-unsaturated/α-hetero) is 2. The molecule has 0 aliphatic carbocycles. The van der Waals surface area contributed by atoms with E-state index in [4.69, 9.17) is 5.26 Å². The van der Waals surface area contributed by atoms with Crippen LogP contribution in [0.2, 0.25) is 0 Å². The Hall–Kier alpha value is -7.06. The molecule has 0 atom stereocenters. The van der Waals surface area contributed by atoms with Gasteiger partial charge in [0.25, 0.3) is 0 Å². The molecule has 0 fully saturated rings. The summed E-state index contributed by atoms with van der Waals surface area (Å²) in [5.41, 5.74) is 7.60. The Bertz CT molecular complexity index is 2510. The molecule has 0 spiro atoms. The van der Waals surface area contributed by atoms with Gasteiger partial charge in [0.15, 0.2) is 11.6 Å². The zero-order valence-electron chi connectivity index (χ0n) is 29.6.